The molecule has 11 heteroatoms. The lowest BCUT2D eigenvalue weighted by molar-refractivity contribution is -0.140. The first kappa shape index (κ1) is 21.1. The lowest BCUT2D eigenvalue weighted by atomic mass is 9.93. The van der Waals surface area contributed by atoms with Crippen molar-refractivity contribution in [2.24, 2.45) is 0 Å². The zero-order chi connectivity index (χ0) is 20.6. The molecule has 150 valence electrons. The normalized spacial score (nSPS) is 10.9. The molecule has 0 unspecified atom stereocenters. The number of benzene rings is 1. The number of hydrogen-bond donors (Lipinski definition) is 1. The van der Waals surface area contributed by atoms with Crippen molar-refractivity contribution in [3.05, 3.63) is 60.7 Å². The van der Waals surface area contributed by atoms with Crippen molar-refractivity contribution >= 4 is 5.97 Å². The van der Waals surface area contributed by atoms with E-state index in [1.54, 1.807) is 6.92 Å². The second-order valence-corrected chi connectivity index (χ2v) is 5.77. The Kier molecular flexibility index (Phi) is 7.27. The summed E-state index contributed by atoms with van der Waals surface area (Å²) in [7, 11) is 0. The second kappa shape index (κ2) is 9.65. The first-order valence-electron chi connectivity index (χ1n) is 8.30. The molecule has 3 rings (SSSR count). The van der Waals surface area contributed by atoms with E-state index in [2.05, 4.69) is 24.9 Å². The van der Waals surface area contributed by atoms with Crippen LogP contribution in [-0.4, -0.2) is 47.2 Å². The molecule has 0 radical (unpaired) electrons. The summed E-state index contributed by atoms with van der Waals surface area (Å²) >= 11 is 0. The first-order valence-corrected chi connectivity index (χ1v) is 8.30. The van der Waals surface area contributed by atoms with Crippen molar-refractivity contribution in [1.29, 1.82) is 0 Å². The Morgan fingerprint density at radius 3 is 2.07 bits per heavy atom. The Morgan fingerprint density at radius 2 is 1.71 bits per heavy atom. The van der Waals surface area contributed by atoms with Crippen LogP contribution in [0.25, 0.3) is 0 Å². The van der Waals surface area contributed by atoms with Crippen LogP contribution in [0.15, 0.2) is 43.5 Å². The van der Waals surface area contributed by atoms with E-state index in [-0.39, 0.29) is 24.6 Å². The number of carbonyl (C=O) groups excluding carboxylic acids is 1. The molecule has 1 N–H and O–H groups in total. The molecule has 0 aliphatic carbocycles. The molecule has 0 saturated heterocycles. The highest BCUT2D eigenvalue weighted by atomic mass is 19.1. The fourth-order valence-electron chi connectivity index (χ4n) is 2.46. The number of ether oxygens (including phenoxy) is 1. The van der Waals surface area contributed by atoms with Crippen molar-refractivity contribution in [3.63, 3.8) is 0 Å². The van der Waals surface area contributed by atoms with Gasteiger partial charge in [0.1, 0.15) is 42.5 Å². The number of esters is 1. The van der Waals surface area contributed by atoms with Gasteiger partial charge in [-0.2, -0.15) is 10.2 Å². The monoisotopic (exact) mass is 394 g/mol. The van der Waals surface area contributed by atoms with E-state index in [1.807, 2.05) is 0 Å². The van der Waals surface area contributed by atoms with Crippen molar-refractivity contribution in [2.45, 2.75) is 32.5 Å². The Balaban J connectivity index is 0.000000409. The smallest absolute Gasteiger partial charge is 0.302 e. The number of hydrogen-bond acceptors (Lipinski definition) is 7. The molecule has 3 aromatic rings. The molecule has 0 aliphatic rings. The summed E-state index contributed by atoms with van der Waals surface area (Å²) in [4.78, 5) is 17.4. The summed E-state index contributed by atoms with van der Waals surface area (Å²) in [5.41, 5.74) is -1.75. The molecule has 1 aromatic carbocycles. The molecule has 0 amide bonds. The van der Waals surface area contributed by atoms with Crippen molar-refractivity contribution < 1.29 is 23.4 Å². The minimum Gasteiger partial charge on any atom is -0.466 e. The molecule has 0 atom stereocenters. The molecule has 2 heterocycles. The summed E-state index contributed by atoms with van der Waals surface area (Å²) in [6, 6.07) is 3.02. The second-order valence-electron chi connectivity index (χ2n) is 5.77. The SMILES string of the molecule is CCOC(C)=O.OC(Cn1cncn1)(Cn1cncn1)c1ccc(F)cc1F. The number of nitrogens with zero attached hydrogens (tertiary/aromatic N) is 6. The Hall–Kier alpha value is -3.21. The van der Waals surface area contributed by atoms with Crippen molar-refractivity contribution in [1.82, 2.24) is 29.5 Å². The zero-order valence-electron chi connectivity index (χ0n) is 15.4. The van der Waals surface area contributed by atoms with Gasteiger partial charge in [0.15, 0.2) is 0 Å². The fraction of sp³-hybridized carbons (Fsp3) is 0.353. The minimum atomic E-state index is -1.70. The third-order valence-electron chi connectivity index (χ3n) is 3.56. The number of halogens is 2. The summed E-state index contributed by atoms with van der Waals surface area (Å²) in [5.74, 6) is -1.77. The number of aromatic nitrogens is 6. The highest BCUT2D eigenvalue weighted by Crippen LogP contribution is 2.28. The first-order chi connectivity index (χ1) is 13.3. The van der Waals surface area contributed by atoms with E-state index >= 15 is 0 Å². The zero-order valence-corrected chi connectivity index (χ0v) is 15.4. The third kappa shape index (κ3) is 5.91. The maximum Gasteiger partial charge on any atom is 0.302 e. The highest BCUT2D eigenvalue weighted by molar-refractivity contribution is 5.65. The van der Waals surface area contributed by atoms with Crippen molar-refractivity contribution in [3.8, 4) is 0 Å². The van der Waals surface area contributed by atoms with E-state index in [1.165, 1.54) is 47.7 Å². The van der Waals surface area contributed by atoms with Crippen LogP contribution >= 0.6 is 0 Å². The van der Waals surface area contributed by atoms with Gasteiger partial charge in [-0.1, -0.05) is 6.07 Å². The largest absolute Gasteiger partial charge is 0.466 e. The minimum absolute atomic E-state index is 0.0556. The number of carbonyl (C=O) groups is 1. The van der Waals surface area contributed by atoms with E-state index in [9.17, 15) is 18.7 Å². The standard InChI is InChI=1S/C13H12F2N6O.C4H8O2/c14-10-1-2-11(12(15)3-10)13(22,4-20-8-16-6-18-20)5-21-9-17-7-19-21;1-3-6-4(2)5/h1-3,6-9,22H,4-5H2;3H2,1-2H3. The van der Waals surface area contributed by atoms with Crippen LogP contribution in [0.1, 0.15) is 19.4 Å². The van der Waals surface area contributed by atoms with Gasteiger partial charge in [0, 0.05) is 18.6 Å². The van der Waals surface area contributed by atoms with Gasteiger partial charge in [-0.3, -0.25) is 4.79 Å². The van der Waals surface area contributed by atoms with E-state index in [0.29, 0.717) is 6.61 Å². The molecule has 2 aromatic heterocycles. The molecular formula is C17H20F2N6O3. The van der Waals surface area contributed by atoms with Gasteiger partial charge in [-0.15, -0.1) is 0 Å². The summed E-state index contributed by atoms with van der Waals surface area (Å²) < 4.78 is 34.4. The quantitative estimate of drug-likeness (QED) is 0.628. The van der Waals surface area contributed by atoms with Gasteiger partial charge < -0.3 is 9.84 Å². The molecule has 0 bridgehead atoms. The van der Waals surface area contributed by atoms with Gasteiger partial charge in [0.25, 0.3) is 0 Å². The van der Waals surface area contributed by atoms with Crippen LogP contribution in [0.5, 0.6) is 0 Å². The van der Waals surface area contributed by atoms with Crippen LogP contribution in [0.2, 0.25) is 0 Å². The lowest BCUT2D eigenvalue weighted by Crippen LogP contribution is -2.37. The maximum atomic E-state index is 14.1. The van der Waals surface area contributed by atoms with Crippen LogP contribution in [-0.2, 0) is 28.2 Å². The summed E-state index contributed by atoms with van der Waals surface area (Å²) in [5, 5.41) is 18.8. The number of aliphatic hydroxyl groups is 1. The highest BCUT2D eigenvalue weighted by Gasteiger charge is 2.34. The predicted molar refractivity (Wildman–Crippen MR) is 92.6 cm³/mol. The molecular weight excluding hydrogens is 374 g/mol. The van der Waals surface area contributed by atoms with Crippen LogP contribution in [0.3, 0.4) is 0 Å². The average molecular weight is 394 g/mol. The van der Waals surface area contributed by atoms with E-state index < -0.39 is 17.2 Å². The van der Waals surface area contributed by atoms with Gasteiger partial charge >= 0.3 is 5.97 Å². The van der Waals surface area contributed by atoms with Gasteiger partial charge in [-0.05, 0) is 13.0 Å². The Labute approximate surface area is 159 Å². The predicted octanol–water partition coefficient (Wildman–Crippen LogP) is 1.31. The third-order valence-corrected chi connectivity index (χ3v) is 3.56. The summed E-state index contributed by atoms with van der Waals surface area (Å²) in [6.07, 6.45) is 5.40. The molecule has 0 spiro atoms. The topological polar surface area (TPSA) is 108 Å². The van der Waals surface area contributed by atoms with Crippen molar-refractivity contribution in [2.75, 3.05) is 6.61 Å². The van der Waals surface area contributed by atoms with Gasteiger partial charge in [0.05, 0.1) is 19.7 Å². The van der Waals surface area contributed by atoms with Crippen LogP contribution in [0.4, 0.5) is 8.78 Å². The molecule has 0 fully saturated rings. The Bertz CT molecular complexity index is 835. The van der Waals surface area contributed by atoms with Gasteiger partial charge in [0.2, 0.25) is 0 Å². The fourth-order valence-corrected chi connectivity index (χ4v) is 2.46. The molecule has 0 aliphatic heterocycles. The maximum absolute atomic E-state index is 14.1. The summed E-state index contributed by atoms with van der Waals surface area (Å²) in [6.45, 7) is 3.51. The molecule has 9 nitrogen and oxygen atoms in total. The molecule has 28 heavy (non-hydrogen) atoms. The van der Waals surface area contributed by atoms with Gasteiger partial charge in [-0.25, -0.2) is 28.1 Å². The van der Waals surface area contributed by atoms with E-state index in [0.717, 1.165) is 12.1 Å². The van der Waals surface area contributed by atoms with Crippen LogP contribution < -0.4 is 0 Å². The number of rotatable bonds is 6. The van der Waals surface area contributed by atoms with Crippen LogP contribution in [0, 0.1) is 11.6 Å². The lowest BCUT2D eigenvalue weighted by Gasteiger charge is -2.28. The molecule has 0 saturated carbocycles. The average Bonchev–Trinajstić information content (AvgIpc) is 3.29. The van der Waals surface area contributed by atoms with E-state index in [4.69, 9.17) is 0 Å². The Morgan fingerprint density at radius 1 is 1.14 bits per heavy atom.